The Bertz CT molecular complexity index is 1430. The van der Waals surface area contributed by atoms with Crippen LogP contribution in [-0.4, -0.2) is 55.8 Å². The highest BCUT2D eigenvalue weighted by atomic mass is 32.2. The van der Waals surface area contributed by atoms with Gasteiger partial charge in [-0.25, -0.2) is 9.97 Å². The van der Waals surface area contributed by atoms with E-state index >= 15 is 0 Å². The lowest BCUT2D eigenvalue weighted by atomic mass is 9.97. The Morgan fingerprint density at radius 3 is 2.62 bits per heavy atom. The number of aliphatic carboxylic acids is 1. The molecule has 0 radical (unpaired) electrons. The highest BCUT2D eigenvalue weighted by molar-refractivity contribution is 7.92. The highest BCUT2D eigenvalue weighted by Gasteiger charge is 2.35. The summed E-state index contributed by atoms with van der Waals surface area (Å²) in [5.41, 5.74) is -0.494. The van der Waals surface area contributed by atoms with Gasteiger partial charge in [0.25, 0.3) is 10.0 Å². The van der Waals surface area contributed by atoms with Crippen LogP contribution in [0, 0.1) is 0 Å². The molecule has 0 unspecified atom stereocenters. The number of carbonyl (C=O) groups is 1. The van der Waals surface area contributed by atoms with Crippen LogP contribution in [0.1, 0.15) is 30.4 Å². The zero-order valence-corrected chi connectivity index (χ0v) is 21.6. The normalized spacial score (nSPS) is 16.0. The summed E-state index contributed by atoms with van der Waals surface area (Å²) in [6.07, 6.45) is -3.54. The molecular formula is C26H27F3N4O5S. The number of hydrogen-bond acceptors (Lipinski definition) is 7. The molecule has 1 aliphatic rings. The molecule has 208 valence electrons. The lowest BCUT2D eigenvalue weighted by Crippen LogP contribution is -2.30. The minimum absolute atomic E-state index is 0.0712. The highest BCUT2D eigenvalue weighted by Crippen LogP contribution is 2.38. The second kappa shape index (κ2) is 12.0. The van der Waals surface area contributed by atoms with E-state index in [1.165, 1.54) is 18.2 Å². The molecule has 4 bridgehead atoms. The first-order valence-corrected chi connectivity index (χ1v) is 13.7. The monoisotopic (exact) mass is 564 g/mol. The van der Waals surface area contributed by atoms with Crippen LogP contribution < -0.4 is 9.62 Å². The van der Waals surface area contributed by atoms with Crippen molar-refractivity contribution in [1.29, 1.82) is 0 Å². The molecule has 3 heterocycles. The summed E-state index contributed by atoms with van der Waals surface area (Å²) in [5, 5.41) is 8.64. The van der Waals surface area contributed by atoms with E-state index in [1.54, 1.807) is 29.2 Å². The zero-order chi connectivity index (χ0) is 28.0. The van der Waals surface area contributed by atoms with Gasteiger partial charge < -0.3 is 14.7 Å². The number of halogens is 3. The van der Waals surface area contributed by atoms with Crippen molar-refractivity contribution in [2.75, 3.05) is 35.9 Å². The number of carboxylic acid groups (broad SMARTS) is 1. The van der Waals surface area contributed by atoms with Crippen molar-refractivity contribution in [2.24, 2.45) is 0 Å². The molecule has 2 N–H and O–H groups in total. The lowest BCUT2D eigenvalue weighted by Gasteiger charge is -2.24. The van der Waals surface area contributed by atoms with Crippen LogP contribution in [0.2, 0.25) is 0 Å². The maximum Gasteiger partial charge on any atom is 0.418 e. The minimum Gasteiger partial charge on any atom is -0.481 e. The summed E-state index contributed by atoms with van der Waals surface area (Å²) in [4.78, 5) is 21.1. The molecule has 9 nitrogen and oxygen atoms in total. The van der Waals surface area contributed by atoms with E-state index in [0.717, 1.165) is 12.1 Å². The second-order valence-electron chi connectivity index (χ2n) is 8.89. The Labute approximate surface area is 223 Å². The summed E-state index contributed by atoms with van der Waals surface area (Å²) >= 11 is 0. The quantitative estimate of drug-likeness (QED) is 0.472. The number of aromatic nitrogens is 2. The number of rotatable bonds is 4. The summed E-state index contributed by atoms with van der Waals surface area (Å²) in [6.45, 7) is 1.22. The largest absolute Gasteiger partial charge is 0.481 e. The predicted molar refractivity (Wildman–Crippen MR) is 138 cm³/mol. The van der Waals surface area contributed by atoms with Crippen LogP contribution >= 0.6 is 0 Å². The van der Waals surface area contributed by atoms with Gasteiger partial charge in [0.15, 0.2) is 5.03 Å². The van der Waals surface area contributed by atoms with Crippen molar-refractivity contribution in [3.63, 3.8) is 0 Å². The number of aryl methyl sites for hydroxylation is 1. The third-order valence-electron chi connectivity index (χ3n) is 6.08. The van der Waals surface area contributed by atoms with Crippen molar-refractivity contribution in [1.82, 2.24) is 9.97 Å². The van der Waals surface area contributed by atoms with E-state index < -0.39 is 27.7 Å². The van der Waals surface area contributed by atoms with Gasteiger partial charge in [0, 0.05) is 31.7 Å². The number of nitrogens with zero attached hydrogens (tertiary/aromatic N) is 3. The van der Waals surface area contributed by atoms with Gasteiger partial charge in [-0.3, -0.25) is 9.52 Å². The average Bonchev–Trinajstić information content (AvgIpc) is 2.88. The number of hydrogen-bond donors (Lipinski definition) is 2. The average molecular weight is 565 g/mol. The number of ether oxygens (including phenoxy) is 1. The first kappa shape index (κ1) is 28.3. The molecular weight excluding hydrogens is 537 g/mol. The number of nitrogens with one attached hydrogen (secondary N) is 1. The first-order chi connectivity index (χ1) is 18.5. The third-order valence-corrected chi connectivity index (χ3v) is 7.34. The maximum absolute atomic E-state index is 13.9. The Hall–Kier alpha value is -3.71. The molecule has 1 aliphatic heterocycles. The molecule has 0 fully saturated rings. The topological polar surface area (TPSA) is 122 Å². The molecule has 0 aliphatic carbocycles. The van der Waals surface area contributed by atoms with Crippen molar-refractivity contribution >= 4 is 27.6 Å². The molecule has 1 aromatic carbocycles. The van der Waals surface area contributed by atoms with E-state index in [1.807, 2.05) is 0 Å². The van der Waals surface area contributed by atoms with Crippen molar-refractivity contribution in [3.05, 3.63) is 65.7 Å². The molecule has 3 aromatic rings. The van der Waals surface area contributed by atoms with Crippen LogP contribution in [0.25, 0.3) is 11.3 Å². The molecule has 0 amide bonds. The van der Waals surface area contributed by atoms with E-state index in [2.05, 4.69) is 14.7 Å². The van der Waals surface area contributed by atoms with Crippen LogP contribution in [0.3, 0.4) is 0 Å². The van der Waals surface area contributed by atoms with Crippen LogP contribution in [0.5, 0.6) is 0 Å². The first-order valence-electron chi connectivity index (χ1n) is 12.3. The van der Waals surface area contributed by atoms with E-state index in [9.17, 15) is 26.4 Å². The van der Waals surface area contributed by atoms with Crippen molar-refractivity contribution in [2.45, 2.75) is 36.9 Å². The Balaban J connectivity index is 1.77. The predicted octanol–water partition coefficient (Wildman–Crippen LogP) is 4.60. The lowest BCUT2D eigenvalue weighted by molar-refractivity contribution is -0.138. The number of benzene rings is 1. The minimum atomic E-state index is -4.71. The van der Waals surface area contributed by atoms with Gasteiger partial charge in [-0.15, -0.1) is 0 Å². The SMILES string of the molecule is O=C(O)CCCN1CCOCCCc2ccccc2-c2nc(ccc2C(F)(F)F)NS(=O)(=O)c2cccc1n2. The molecule has 13 heteroatoms. The van der Waals surface area contributed by atoms with Gasteiger partial charge in [-0.1, -0.05) is 30.3 Å². The summed E-state index contributed by atoms with van der Waals surface area (Å²) < 4.78 is 76.2. The standard InChI is InChI=1S/C26H27F3N4O5S/c27-26(28,29)20-12-13-21-30-25(20)19-8-2-1-6-18(19)7-5-16-38-17-15-33(14-4-11-24(34)35)22-9-3-10-23(31-22)39(36,37)32-21/h1-3,6,8-10,12-13H,4-5,7,11,14-17H2,(H,30,32)(H,34,35). The molecule has 0 atom stereocenters. The van der Waals surface area contributed by atoms with Gasteiger partial charge >= 0.3 is 12.1 Å². The fourth-order valence-corrected chi connectivity index (χ4v) is 5.21. The van der Waals surface area contributed by atoms with E-state index in [0.29, 0.717) is 50.3 Å². The van der Waals surface area contributed by atoms with Crippen LogP contribution in [0.4, 0.5) is 24.8 Å². The number of carboxylic acids is 1. The fourth-order valence-electron chi connectivity index (χ4n) is 4.24. The van der Waals surface area contributed by atoms with Crippen molar-refractivity contribution < 1.29 is 36.2 Å². The van der Waals surface area contributed by atoms with Crippen LogP contribution in [-0.2, 0) is 32.2 Å². The second-order valence-corrected chi connectivity index (χ2v) is 10.5. The van der Waals surface area contributed by atoms with Crippen molar-refractivity contribution in [3.8, 4) is 11.3 Å². The van der Waals surface area contributed by atoms with E-state index in [4.69, 9.17) is 9.84 Å². The molecule has 39 heavy (non-hydrogen) atoms. The fraction of sp³-hybridized carbons (Fsp3) is 0.346. The Morgan fingerprint density at radius 2 is 1.85 bits per heavy atom. The Kier molecular flexibility index (Phi) is 8.70. The number of pyridine rings is 2. The summed E-state index contributed by atoms with van der Waals surface area (Å²) in [6, 6.07) is 12.7. The number of anilines is 2. The molecule has 0 saturated carbocycles. The molecule has 2 aromatic heterocycles. The van der Waals surface area contributed by atoms with Gasteiger partial charge in [-0.2, -0.15) is 21.6 Å². The van der Waals surface area contributed by atoms with Gasteiger partial charge in [0.05, 0.1) is 17.9 Å². The Morgan fingerprint density at radius 1 is 1.05 bits per heavy atom. The number of alkyl halides is 3. The van der Waals surface area contributed by atoms with Gasteiger partial charge in [-0.05, 0) is 49.1 Å². The molecule has 0 spiro atoms. The summed E-state index contributed by atoms with van der Waals surface area (Å²) in [5.74, 6) is -0.940. The summed E-state index contributed by atoms with van der Waals surface area (Å²) in [7, 11) is -4.33. The van der Waals surface area contributed by atoms with Gasteiger partial charge in [0.2, 0.25) is 0 Å². The van der Waals surface area contributed by atoms with Crippen LogP contribution in [0.15, 0.2) is 59.6 Å². The zero-order valence-electron chi connectivity index (χ0n) is 20.8. The van der Waals surface area contributed by atoms with E-state index in [-0.39, 0.29) is 35.1 Å². The molecule has 4 rings (SSSR count). The number of sulfonamides is 1. The van der Waals surface area contributed by atoms with Gasteiger partial charge in [0.1, 0.15) is 11.6 Å². The third kappa shape index (κ3) is 7.24. The number of fused-ring (bicyclic) bond motifs is 6. The smallest absolute Gasteiger partial charge is 0.418 e. The molecule has 0 saturated heterocycles. The maximum atomic E-state index is 13.9.